The van der Waals surface area contributed by atoms with E-state index in [-0.39, 0.29) is 0 Å². The molecule has 1 N–H and O–H groups in total. The highest BCUT2D eigenvalue weighted by Crippen LogP contribution is 2.32. The molecule has 0 saturated heterocycles. The van der Waals surface area contributed by atoms with Crippen molar-refractivity contribution in [2.75, 3.05) is 0 Å². The van der Waals surface area contributed by atoms with Crippen LogP contribution in [0, 0.1) is 0 Å². The third-order valence-corrected chi connectivity index (χ3v) is 4.20. The molecular weight excluding hydrogens is 260 g/mol. The summed E-state index contributed by atoms with van der Waals surface area (Å²) in [7, 11) is 0. The lowest BCUT2D eigenvalue weighted by Gasteiger charge is -2.07. The minimum Gasteiger partial charge on any atom is -0.490 e. The molecule has 1 aromatic heterocycles. The average Bonchev–Trinajstić information content (AvgIpc) is 3.25. The summed E-state index contributed by atoms with van der Waals surface area (Å²) in [5, 5.41) is 3.54. The van der Waals surface area contributed by atoms with Gasteiger partial charge in [0.1, 0.15) is 11.9 Å². The van der Waals surface area contributed by atoms with Crippen LogP contribution >= 0.6 is 0 Å². The van der Waals surface area contributed by atoms with E-state index in [2.05, 4.69) is 41.5 Å². The van der Waals surface area contributed by atoms with Crippen LogP contribution in [0.15, 0.2) is 36.7 Å². The minimum absolute atomic E-state index is 0.294. The van der Waals surface area contributed by atoms with E-state index in [0.29, 0.717) is 6.10 Å². The van der Waals surface area contributed by atoms with Crippen LogP contribution in [0.2, 0.25) is 0 Å². The fraction of sp³-hybridized carbons (Fsp3) is 0.389. The molecule has 1 aliphatic carbocycles. The number of rotatable bonds is 4. The predicted octanol–water partition coefficient (Wildman–Crippen LogP) is 3.32. The molecule has 1 aliphatic heterocycles. The summed E-state index contributed by atoms with van der Waals surface area (Å²) < 4.78 is 5.77. The molecular formula is C18H20N2O. The van der Waals surface area contributed by atoms with E-state index in [0.717, 1.165) is 24.8 Å². The van der Waals surface area contributed by atoms with Crippen LogP contribution in [0.4, 0.5) is 0 Å². The predicted molar refractivity (Wildman–Crippen MR) is 83.3 cm³/mol. The first kappa shape index (κ1) is 12.8. The Morgan fingerprint density at radius 2 is 2.10 bits per heavy atom. The van der Waals surface area contributed by atoms with Gasteiger partial charge in [0.05, 0.1) is 0 Å². The maximum atomic E-state index is 5.77. The third kappa shape index (κ3) is 2.79. The topological polar surface area (TPSA) is 34.2 Å². The molecule has 108 valence electrons. The second-order valence-corrected chi connectivity index (χ2v) is 6.19. The number of ether oxygens (including phenoxy) is 1. The van der Waals surface area contributed by atoms with Crippen molar-refractivity contribution in [3.05, 3.63) is 47.8 Å². The first-order valence-electron chi connectivity index (χ1n) is 7.75. The van der Waals surface area contributed by atoms with Crippen LogP contribution in [0.25, 0.3) is 11.1 Å². The standard InChI is InChI=1S/C18H20N2O/c1-12-6-15-8-14(2-5-18(15)21-12)16-7-13(9-19-11-16)10-20-17-3-4-17/h2,5,7-9,11-12,17,20H,3-4,6,10H2,1H3. The highest BCUT2D eigenvalue weighted by molar-refractivity contribution is 5.66. The van der Waals surface area contributed by atoms with Gasteiger partial charge in [-0.05, 0) is 54.7 Å². The molecule has 21 heavy (non-hydrogen) atoms. The van der Waals surface area contributed by atoms with Gasteiger partial charge in [0.15, 0.2) is 0 Å². The number of benzene rings is 1. The van der Waals surface area contributed by atoms with E-state index in [9.17, 15) is 0 Å². The van der Waals surface area contributed by atoms with Crippen molar-refractivity contribution in [3.8, 4) is 16.9 Å². The molecule has 1 atom stereocenters. The zero-order valence-electron chi connectivity index (χ0n) is 12.3. The van der Waals surface area contributed by atoms with Gasteiger partial charge < -0.3 is 10.1 Å². The highest BCUT2D eigenvalue weighted by atomic mass is 16.5. The lowest BCUT2D eigenvalue weighted by atomic mass is 10.0. The second-order valence-electron chi connectivity index (χ2n) is 6.19. The molecule has 3 nitrogen and oxygen atoms in total. The number of fused-ring (bicyclic) bond motifs is 1. The number of nitrogens with zero attached hydrogens (tertiary/aromatic N) is 1. The number of hydrogen-bond donors (Lipinski definition) is 1. The van der Waals surface area contributed by atoms with E-state index in [1.54, 1.807) is 0 Å². The van der Waals surface area contributed by atoms with Gasteiger partial charge >= 0.3 is 0 Å². The minimum atomic E-state index is 0.294. The third-order valence-electron chi connectivity index (χ3n) is 4.20. The quantitative estimate of drug-likeness (QED) is 0.933. The van der Waals surface area contributed by atoms with Gasteiger partial charge in [-0.3, -0.25) is 4.98 Å². The van der Waals surface area contributed by atoms with Gasteiger partial charge in [-0.1, -0.05) is 6.07 Å². The Morgan fingerprint density at radius 3 is 2.95 bits per heavy atom. The van der Waals surface area contributed by atoms with Crippen molar-refractivity contribution < 1.29 is 4.74 Å². The van der Waals surface area contributed by atoms with E-state index in [4.69, 9.17) is 4.74 Å². The van der Waals surface area contributed by atoms with Crippen LogP contribution in [0.5, 0.6) is 5.75 Å². The Kier molecular flexibility index (Phi) is 3.15. The molecule has 1 aromatic carbocycles. The smallest absolute Gasteiger partial charge is 0.123 e. The van der Waals surface area contributed by atoms with Crippen molar-refractivity contribution in [2.24, 2.45) is 0 Å². The van der Waals surface area contributed by atoms with Crippen LogP contribution in [-0.4, -0.2) is 17.1 Å². The Morgan fingerprint density at radius 1 is 1.19 bits per heavy atom. The summed E-state index contributed by atoms with van der Waals surface area (Å²) in [6.45, 7) is 3.03. The molecule has 2 heterocycles. The normalized spacial score (nSPS) is 20.1. The van der Waals surface area contributed by atoms with Crippen LogP contribution in [0.3, 0.4) is 0 Å². The Bertz CT molecular complexity index is 664. The van der Waals surface area contributed by atoms with Gasteiger partial charge in [-0.2, -0.15) is 0 Å². The summed E-state index contributed by atoms with van der Waals surface area (Å²) in [4.78, 5) is 4.40. The fourth-order valence-corrected chi connectivity index (χ4v) is 2.89. The highest BCUT2D eigenvalue weighted by Gasteiger charge is 2.20. The molecule has 0 radical (unpaired) electrons. The summed E-state index contributed by atoms with van der Waals surface area (Å²) >= 11 is 0. The zero-order valence-corrected chi connectivity index (χ0v) is 12.3. The first-order valence-corrected chi connectivity index (χ1v) is 7.75. The van der Waals surface area contributed by atoms with Crippen molar-refractivity contribution >= 4 is 0 Å². The fourth-order valence-electron chi connectivity index (χ4n) is 2.89. The van der Waals surface area contributed by atoms with Crippen molar-refractivity contribution in [1.82, 2.24) is 10.3 Å². The van der Waals surface area contributed by atoms with E-state index < -0.39 is 0 Å². The van der Waals surface area contributed by atoms with Gasteiger partial charge in [0, 0.05) is 37.0 Å². The molecule has 2 aliphatic rings. The van der Waals surface area contributed by atoms with Gasteiger partial charge in [0.2, 0.25) is 0 Å². The monoisotopic (exact) mass is 280 g/mol. The van der Waals surface area contributed by atoms with E-state index in [1.165, 1.54) is 35.1 Å². The lowest BCUT2D eigenvalue weighted by molar-refractivity contribution is 0.254. The average molecular weight is 280 g/mol. The summed E-state index contributed by atoms with van der Waals surface area (Å²) in [6.07, 6.45) is 7.83. The maximum absolute atomic E-state index is 5.77. The summed E-state index contributed by atoms with van der Waals surface area (Å²) in [6, 6.07) is 9.43. The molecule has 1 fully saturated rings. The number of aromatic nitrogens is 1. The molecule has 3 heteroatoms. The summed E-state index contributed by atoms with van der Waals surface area (Å²) in [5.41, 5.74) is 4.98. The first-order chi connectivity index (χ1) is 10.3. The van der Waals surface area contributed by atoms with Crippen LogP contribution < -0.4 is 10.1 Å². The van der Waals surface area contributed by atoms with Crippen molar-refractivity contribution in [2.45, 2.75) is 44.9 Å². The largest absolute Gasteiger partial charge is 0.490 e. The molecule has 2 aromatic rings. The SMILES string of the molecule is CC1Cc2cc(-c3cncc(CNC4CC4)c3)ccc2O1. The number of nitrogens with one attached hydrogen (secondary N) is 1. The Labute approximate surface area is 125 Å². The molecule has 0 amide bonds. The second kappa shape index (κ2) is 5.15. The van der Waals surface area contributed by atoms with E-state index >= 15 is 0 Å². The van der Waals surface area contributed by atoms with Crippen molar-refractivity contribution in [3.63, 3.8) is 0 Å². The number of hydrogen-bond acceptors (Lipinski definition) is 3. The maximum Gasteiger partial charge on any atom is 0.123 e. The summed E-state index contributed by atoms with van der Waals surface area (Å²) in [5.74, 6) is 1.03. The van der Waals surface area contributed by atoms with Gasteiger partial charge in [-0.15, -0.1) is 0 Å². The number of pyridine rings is 1. The molecule has 1 saturated carbocycles. The zero-order chi connectivity index (χ0) is 14.2. The van der Waals surface area contributed by atoms with Crippen LogP contribution in [0.1, 0.15) is 30.9 Å². The molecule has 0 bridgehead atoms. The van der Waals surface area contributed by atoms with Gasteiger partial charge in [-0.25, -0.2) is 0 Å². The van der Waals surface area contributed by atoms with Crippen molar-refractivity contribution in [1.29, 1.82) is 0 Å². The molecule has 4 rings (SSSR count). The lowest BCUT2D eigenvalue weighted by Crippen LogP contribution is -2.15. The van der Waals surface area contributed by atoms with Crippen LogP contribution in [-0.2, 0) is 13.0 Å². The molecule has 1 unspecified atom stereocenters. The molecule has 0 spiro atoms. The Balaban J connectivity index is 1.58. The van der Waals surface area contributed by atoms with Gasteiger partial charge in [0.25, 0.3) is 0 Å². The van der Waals surface area contributed by atoms with E-state index in [1.807, 2.05) is 12.4 Å². The Hall–Kier alpha value is -1.87.